The molecule has 1 N–H and O–H groups in total. The molecule has 0 bridgehead atoms. The van der Waals surface area contributed by atoms with Crippen molar-refractivity contribution in [2.24, 2.45) is 0 Å². The van der Waals surface area contributed by atoms with Crippen molar-refractivity contribution in [3.05, 3.63) is 71.8 Å². The number of carbonyl (C=O) groups is 2. The Labute approximate surface area is 158 Å². The summed E-state index contributed by atoms with van der Waals surface area (Å²) in [6, 6.07) is 17.9. The summed E-state index contributed by atoms with van der Waals surface area (Å²) >= 11 is 0. The lowest BCUT2D eigenvalue weighted by Gasteiger charge is -2.26. The summed E-state index contributed by atoms with van der Waals surface area (Å²) in [7, 11) is 0. The Balaban J connectivity index is 1.43. The van der Waals surface area contributed by atoms with Crippen molar-refractivity contribution in [1.29, 1.82) is 0 Å². The fraction of sp³-hybridized carbons (Fsp3) is 0.333. The van der Waals surface area contributed by atoms with Crippen molar-refractivity contribution in [2.75, 3.05) is 13.1 Å². The molecule has 3 atom stereocenters. The van der Waals surface area contributed by atoms with E-state index in [2.05, 4.69) is 0 Å². The number of carbonyl (C=O) groups excluding carboxylic acids is 2. The lowest BCUT2D eigenvalue weighted by atomic mass is 10.1. The smallest absolute Gasteiger partial charge is 0.410 e. The SMILES string of the molecule is O=C(c1ccccc1)N1CC(O)[C@@H]2C1CCN2C(=O)OCc1ccccc1. The van der Waals surface area contributed by atoms with Gasteiger partial charge < -0.3 is 19.6 Å². The zero-order chi connectivity index (χ0) is 18.8. The molecular formula is C21H22N2O4. The van der Waals surface area contributed by atoms with Gasteiger partial charge in [0, 0.05) is 18.7 Å². The summed E-state index contributed by atoms with van der Waals surface area (Å²) in [5.41, 5.74) is 1.50. The fourth-order valence-corrected chi connectivity index (χ4v) is 4.04. The number of aliphatic hydroxyl groups is 1. The second-order valence-electron chi connectivity index (χ2n) is 6.97. The Bertz CT molecular complexity index is 811. The third-order valence-corrected chi connectivity index (χ3v) is 5.32. The topological polar surface area (TPSA) is 70.1 Å². The first-order valence-electron chi connectivity index (χ1n) is 9.16. The first-order chi connectivity index (χ1) is 13.1. The molecule has 2 aliphatic heterocycles. The maximum Gasteiger partial charge on any atom is 0.410 e. The van der Waals surface area contributed by atoms with Gasteiger partial charge in [-0.1, -0.05) is 48.5 Å². The van der Waals surface area contributed by atoms with Gasteiger partial charge in [0.2, 0.25) is 0 Å². The summed E-state index contributed by atoms with van der Waals surface area (Å²) in [4.78, 5) is 28.6. The number of ether oxygens (including phenoxy) is 1. The van der Waals surface area contributed by atoms with E-state index in [-0.39, 0.29) is 25.1 Å². The summed E-state index contributed by atoms with van der Waals surface area (Å²) < 4.78 is 5.42. The number of amides is 2. The summed E-state index contributed by atoms with van der Waals surface area (Å²) in [6.07, 6.45) is -0.574. The van der Waals surface area contributed by atoms with E-state index in [1.807, 2.05) is 48.5 Å². The molecule has 2 unspecified atom stereocenters. The minimum absolute atomic E-state index is 0.110. The number of hydrogen-bond donors (Lipinski definition) is 1. The minimum atomic E-state index is -0.769. The van der Waals surface area contributed by atoms with Crippen LogP contribution < -0.4 is 0 Å². The number of hydrogen-bond acceptors (Lipinski definition) is 4. The van der Waals surface area contributed by atoms with Crippen LogP contribution in [0, 0.1) is 0 Å². The molecule has 0 saturated carbocycles. The monoisotopic (exact) mass is 366 g/mol. The van der Waals surface area contributed by atoms with Crippen molar-refractivity contribution in [3.63, 3.8) is 0 Å². The second kappa shape index (κ2) is 7.40. The molecular weight excluding hydrogens is 344 g/mol. The predicted molar refractivity (Wildman–Crippen MR) is 99.0 cm³/mol. The Kier molecular flexibility index (Phi) is 4.81. The van der Waals surface area contributed by atoms with Gasteiger partial charge in [-0.25, -0.2) is 4.79 Å². The van der Waals surface area contributed by atoms with E-state index in [4.69, 9.17) is 4.74 Å². The minimum Gasteiger partial charge on any atom is -0.445 e. The number of aliphatic hydroxyl groups excluding tert-OH is 1. The zero-order valence-electron chi connectivity index (χ0n) is 14.9. The van der Waals surface area contributed by atoms with Crippen LogP contribution in [0.5, 0.6) is 0 Å². The van der Waals surface area contributed by atoms with Crippen molar-refractivity contribution in [2.45, 2.75) is 31.2 Å². The van der Waals surface area contributed by atoms with Crippen LogP contribution in [-0.4, -0.2) is 58.2 Å². The van der Waals surface area contributed by atoms with Gasteiger partial charge in [0.25, 0.3) is 5.91 Å². The Hall–Kier alpha value is -2.86. The molecule has 2 aliphatic rings. The van der Waals surface area contributed by atoms with Crippen LogP contribution >= 0.6 is 0 Å². The Morgan fingerprint density at radius 1 is 1.00 bits per heavy atom. The number of likely N-dealkylation sites (tertiary alicyclic amines) is 2. The molecule has 2 fully saturated rings. The van der Waals surface area contributed by atoms with Crippen LogP contribution in [0.1, 0.15) is 22.3 Å². The Morgan fingerprint density at radius 2 is 1.67 bits per heavy atom. The van der Waals surface area contributed by atoms with E-state index < -0.39 is 18.2 Å². The van der Waals surface area contributed by atoms with Crippen LogP contribution in [-0.2, 0) is 11.3 Å². The molecule has 0 aliphatic carbocycles. The molecule has 0 aromatic heterocycles. The highest BCUT2D eigenvalue weighted by molar-refractivity contribution is 5.94. The maximum absolute atomic E-state index is 12.8. The first-order valence-corrected chi connectivity index (χ1v) is 9.16. The third kappa shape index (κ3) is 3.40. The fourth-order valence-electron chi connectivity index (χ4n) is 4.04. The number of rotatable bonds is 3. The largest absolute Gasteiger partial charge is 0.445 e. The highest BCUT2D eigenvalue weighted by Crippen LogP contribution is 2.33. The average Bonchev–Trinajstić information content (AvgIpc) is 3.29. The van der Waals surface area contributed by atoms with Crippen molar-refractivity contribution >= 4 is 12.0 Å². The average molecular weight is 366 g/mol. The van der Waals surface area contributed by atoms with Gasteiger partial charge >= 0.3 is 6.09 Å². The van der Waals surface area contributed by atoms with Gasteiger partial charge in [0.05, 0.1) is 18.2 Å². The summed E-state index contributed by atoms with van der Waals surface area (Å²) in [5, 5.41) is 10.5. The molecule has 2 saturated heterocycles. The molecule has 2 heterocycles. The highest BCUT2D eigenvalue weighted by Gasteiger charge is 2.51. The molecule has 27 heavy (non-hydrogen) atoms. The van der Waals surface area contributed by atoms with Crippen LogP contribution in [0.15, 0.2) is 60.7 Å². The lowest BCUT2D eigenvalue weighted by Crippen LogP contribution is -2.45. The van der Waals surface area contributed by atoms with Crippen molar-refractivity contribution in [1.82, 2.24) is 9.80 Å². The number of β-amino-alcohol motifs (C(OH)–C–C–N with tert-alkyl or cyclic N) is 1. The van der Waals surface area contributed by atoms with E-state index in [1.165, 1.54) is 0 Å². The van der Waals surface area contributed by atoms with Gasteiger partial charge in [-0.2, -0.15) is 0 Å². The molecule has 6 heteroatoms. The normalized spacial score (nSPS) is 24.0. The molecule has 0 spiro atoms. The zero-order valence-corrected chi connectivity index (χ0v) is 14.9. The van der Waals surface area contributed by atoms with Crippen LogP contribution in [0.25, 0.3) is 0 Å². The summed E-state index contributed by atoms with van der Waals surface area (Å²) in [5.74, 6) is -0.110. The molecule has 2 amide bonds. The molecule has 6 nitrogen and oxygen atoms in total. The van der Waals surface area contributed by atoms with Gasteiger partial charge in [-0.3, -0.25) is 4.79 Å². The maximum atomic E-state index is 12.8. The van der Waals surface area contributed by atoms with E-state index in [9.17, 15) is 14.7 Å². The lowest BCUT2D eigenvalue weighted by molar-refractivity contribution is 0.0608. The number of fused-ring (bicyclic) bond motifs is 1. The standard InChI is InChI=1S/C21H22N2O4/c24-18-13-23(20(25)16-9-5-2-6-10-16)17-11-12-22(19(17)18)21(26)27-14-15-7-3-1-4-8-15/h1-10,17-19,24H,11-14H2/t17?,18?,19-/m0/s1. The third-order valence-electron chi connectivity index (χ3n) is 5.32. The van der Waals surface area contributed by atoms with Crippen LogP contribution in [0.3, 0.4) is 0 Å². The van der Waals surface area contributed by atoms with Gasteiger partial charge in [-0.05, 0) is 24.1 Å². The molecule has 0 radical (unpaired) electrons. The van der Waals surface area contributed by atoms with E-state index in [0.717, 1.165) is 5.56 Å². The number of benzene rings is 2. The second-order valence-corrected chi connectivity index (χ2v) is 6.97. The van der Waals surface area contributed by atoms with Crippen molar-refractivity contribution in [3.8, 4) is 0 Å². The predicted octanol–water partition coefficient (Wildman–Crippen LogP) is 2.28. The number of nitrogens with zero attached hydrogens (tertiary/aromatic N) is 2. The quantitative estimate of drug-likeness (QED) is 0.905. The van der Waals surface area contributed by atoms with Crippen LogP contribution in [0.4, 0.5) is 4.79 Å². The van der Waals surface area contributed by atoms with E-state index >= 15 is 0 Å². The van der Waals surface area contributed by atoms with Gasteiger partial charge in [0.15, 0.2) is 0 Å². The molecule has 4 rings (SSSR count). The van der Waals surface area contributed by atoms with Gasteiger partial charge in [-0.15, -0.1) is 0 Å². The molecule has 2 aromatic carbocycles. The van der Waals surface area contributed by atoms with Crippen molar-refractivity contribution < 1.29 is 19.4 Å². The van der Waals surface area contributed by atoms with E-state index in [1.54, 1.807) is 21.9 Å². The molecule has 2 aromatic rings. The molecule has 140 valence electrons. The summed E-state index contributed by atoms with van der Waals surface area (Å²) in [6.45, 7) is 0.889. The van der Waals surface area contributed by atoms with Gasteiger partial charge in [0.1, 0.15) is 6.61 Å². The van der Waals surface area contributed by atoms with Crippen LogP contribution in [0.2, 0.25) is 0 Å². The Morgan fingerprint density at radius 3 is 2.37 bits per heavy atom. The van der Waals surface area contributed by atoms with E-state index in [0.29, 0.717) is 18.5 Å². The highest BCUT2D eigenvalue weighted by atomic mass is 16.6. The first kappa shape index (κ1) is 17.5.